The van der Waals surface area contributed by atoms with Crippen LogP contribution in [0.2, 0.25) is 0 Å². The maximum Gasteiger partial charge on any atom is 0.125 e. The molecule has 0 saturated carbocycles. The van der Waals surface area contributed by atoms with Crippen molar-refractivity contribution in [3.8, 4) is 0 Å². The summed E-state index contributed by atoms with van der Waals surface area (Å²) in [5.74, 6) is 2.72. The number of hydrogen-bond donors (Lipinski definition) is 1. The van der Waals surface area contributed by atoms with Crippen molar-refractivity contribution in [2.24, 2.45) is 5.73 Å². The van der Waals surface area contributed by atoms with Crippen LogP contribution in [0.4, 0.5) is 0 Å². The lowest BCUT2D eigenvalue weighted by molar-refractivity contribution is 0.465. The molecule has 0 aliphatic carbocycles. The van der Waals surface area contributed by atoms with Crippen LogP contribution in [-0.4, -0.2) is 0 Å². The van der Waals surface area contributed by atoms with E-state index in [1.165, 1.54) is 16.7 Å². The van der Waals surface area contributed by atoms with Gasteiger partial charge in [-0.05, 0) is 47.6 Å². The van der Waals surface area contributed by atoms with Crippen molar-refractivity contribution in [1.29, 1.82) is 0 Å². The quantitative estimate of drug-likeness (QED) is 0.860. The van der Waals surface area contributed by atoms with E-state index >= 15 is 0 Å². The molecule has 1 heterocycles. The molecule has 2 nitrogen and oxygen atoms in total. The van der Waals surface area contributed by atoms with E-state index in [1.807, 2.05) is 19.1 Å². The summed E-state index contributed by atoms with van der Waals surface area (Å²) in [5.41, 5.74) is 10.2. The highest BCUT2D eigenvalue weighted by Gasteiger charge is 2.18. The van der Waals surface area contributed by atoms with Crippen LogP contribution in [-0.2, 0) is 0 Å². The van der Waals surface area contributed by atoms with Gasteiger partial charge in [-0.2, -0.15) is 0 Å². The molecular weight excluding hydrogens is 246 g/mol. The number of hydrogen-bond acceptors (Lipinski definition) is 2. The summed E-state index contributed by atoms with van der Waals surface area (Å²) in [4.78, 5) is 0. The van der Waals surface area contributed by atoms with E-state index in [1.54, 1.807) is 0 Å². The van der Waals surface area contributed by atoms with Gasteiger partial charge in [-0.1, -0.05) is 45.9 Å². The summed E-state index contributed by atoms with van der Waals surface area (Å²) in [6.07, 6.45) is 0. The number of furan rings is 1. The van der Waals surface area contributed by atoms with Crippen molar-refractivity contribution >= 4 is 0 Å². The fourth-order valence-corrected chi connectivity index (χ4v) is 2.51. The smallest absolute Gasteiger partial charge is 0.125 e. The summed E-state index contributed by atoms with van der Waals surface area (Å²) >= 11 is 0. The lowest BCUT2D eigenvalue weighted by atomic mass is 9.88. The van der Waals surface area contributed by atoms with Crippen LogP contribution in [0.25, 0.3) is 0 Å². The van der Waals surface area contributed by atoms with Gasteiger partial charge in [-0.3, -0.25) is 0 Å². The van der Waals surface area contributed by atoms with Gasteiger partial charge in [0.1, 0.15) is 11.5 Å². The molecule has 2 heteroatoms. The molecule has 1 aromatic carbocycles. The Morgan fingerprint density at radius 2 is 1.60 bits per heavy atom. The summed E-state index contributed by atoms with van der Waals surface area (Å²) < 4.78 is 5.69. The van der Waals surface area contributed by atoms with Gasteiger partial charge in [-0.25, -0.2) is 0 Å². The monoisotopic (exact) mass is 271 g/mol. The van der Waals surface area contributed by atoms with E-state index in [2.05, 4.69) is 45.9 Å². The normalized spacial score (nSPS) is 13.2. The highest BCUT2D eigenvalue weighted by molar-refractivity contribution is 5.40. The van der Waals surface area contributed by atoms with Crippen molar-refractivity contribution in [1.82, 2.24) is 0 Å². The number of aryl methyl sites for hydroxylation is 1. The van der Waals surface area contributed by atoms with Crippen LogP contribution in [0.3, 0.4) is 0 Å². The fraction of sp³-hybridized carbons (Fsp3) is 0.444. The van der Waals surface area contributed by atoms with Crippen molar-refractivity contribution < 1.29 is 4.42 Å². The first-order chi connectivity index (χ1) is 9.40. The average Bonchev–Trinajstić information content (AvgIpc) is 2.83. The molecule has 20 heavy (non-hydrogen) atoms. The average molecular weight is 271 g/mol. The third-order valence-corrected chi connectivity index (χ3v) is 3.80. The Balaban J connectivity index is 2.45. The lowest BCUT2D eigenvalue weighted by Gasteiger charge is -2.19. The Bertz CT molecular complexity index is 581. The van der Waals surface area contributed by atoms with Gasteiger partial charge >= 0.3 is 0 Å². The molecule has 2 N–H and O–H groups in total. The van der Waals surface area contributed by atoms with E-state index in [-0.39, 0.29) is 6.04 Å². The molecule has 0 radical (unpaired) electrons. The SMILES string of the molecule is Cc1ccc(C(N)c2ccc(C(C)C)cc2C(C)C)o1. The van der Waals surface area contributed by atoms with Crippen LogP contribution >= 0.6 is 0 Å². The zero-order valence-corrected chi connectivity index (χ0v) is 13.1. The van der Waals surface area contributed by atoms with E-state index in [9.17, 15) is 0 Å². The predicted octanol–water partition coefficient (Wildman–Crippen LogP) is 4.88. The van der Waals surface area contributed by atoms with Gasteiger partial charge in [0.05, 0.1) is 6.04 Å². The molecule has 0 saturated heterocycles. The van der Waals surface area contributed by atoms with E-state index < -0.39 is 0 Å². The largest absolute Gasteiger partial charge is 0.464 e. The summed E-state index contributed by atoms with van der Waals surface area (Å²) in [5, 5.41) is 0. The maximum atomic E-state index is 6.40. The highest BCUT2D eigenvalue weighted by atomic mass is 16.3. The standard InChI is InChI=1S/C18H25NO/c1-11(2)14-7-8-15(16(10-14)12(3)4)18(19)17-9-6-13(5)20-17/h6-12,18H,19H2,1-5H3. The molecule has 108 valence electrons. The Hall–Kier alpha value is -1.54. The Morgan fingerprint density at radius 3 is 2.10 bits per heavy atom. The molecule has 0 aliphatic heterocycles. The summed E-state index contributed by atoms with van der Waals surface area (Å²) in [6.45, 7) is 10.8. The molecule has 1 atom stereocenters. The zero-order chi connectivity index (χ0) is 14.9. The van der Waals surface area contributed by atoms with Crippen molar-refractivity contribution in [2.45, 2.75) is 52.5 Å². The molecule has 0 fully saturated rings. The Kier molecular flexibility index (Phi) is 4.34. The molecule has 0 amide bonds. The molecule has 2 aromatic rings. The number of benzene rings is 1. The molecule has 0 aliphatic rings. The Morgan fingerprint density at radius 1 is 0.900 bits per heavy atom. The van der Waals surface area contributed by atoms with Crippen molar-refractivity contribution in [3.63, 3.8) is 0 Å². The van der Waals surface area contributed by atoms with Gasteiger partial charge in [0, 0.05) is 0 Å². The third-order valence-electron chi connectivity index (χ3n) is 3.80. The van der Waals surface area contributed by atoms with E-state index in [0.29, 0.717) is 11.8 Å². The van der Waals surface area contributed by atoms with Gasteiger partial charge < -0.3 is 10.2 Å². The maximum absolute atomic E-state index is 6.40. The summed E-state index contributed by atoms with van der Waals surface area (Å²) in [7, 11) is 0. The highest BCUT2D eigenvalue weighted by Crippen LogP contribution is 2.31. The van der Waals surface area contributed by atoms with E-state index in [4.69, 9.17) is 10.2 Å². The molecule has 1 aromatic heterocycles. The van der Waals surface area contributed by atoms with Gasteiger partial charge in [0.2, 0.25) is 0 Å². The Labute approximate surface area is 122 Å². The molecule has 1 unspecified atom stereocenters. The first kappa shape index (κ1) is 14.9. The molecule has 0 bridgehead atoms. The minimum Gasteiger partial charge on any atom is -0.464 e. The van der Waals surface area contributed by atoms with Gasteiger partial charge in [0.25, 0.3) is 0 Å². The van der Waals surface area contributed by atoms with Gasteiger partial charge in [-0.15, -0.1) is 0 Å². The first-order valence-electron chi connectivity index (χ1n) is 7.35. The minimum absolute atomic E-state index is 0.192. The molecular formula is C18H25NO. The lowest BCUT2D eigenvalue weighted by Crippen LogP contribution is -2.14. The second-order valence-electron chi connectivity index (χ2n) is 6.12. The molecule has 2 rings (SSSR count). The van der Waals surface area contributed by atoms with Crippen molar-refractivity contribution in [2.75, 3.05) is 0 Å². The summed E-state index contributed by atoms with van der Waals surface area (Å²) in [6, 6.07) is 10.4. The second-order valence-corrected chi connectivity index (χ2v) is 6.12. The van der Waals surface area contributed by atoms with Crippen LogP contribution in [0.15, 0.2) is 34.7 Å². The van der Waals surface area contributed by atoms with Crippen LogP contribution in [0.5, 0.6) is 0 Å². The minimum atomic E-state index is -0.192. The van der Waals surface area contributed by atoms with Gasteiger partial charge in [0.15, 0.2) is 0 Å². The van der Waals surface area contributed by atoms with Crippen molar-refractivity contribution in [3.05, 3.63) is 58.5 Å². The van der Waals surface area contributed by atoms with Crippen LogP contribution in [0.1, 0.15) is 73.8 Å². The zero-order valence-electron chi connectivity index (χ0n) is 13.1. The first-order valence-corrected chi connectivity index (χ1v) is 7.35. The van der Waals surface area contributed by atoms with E-state index in [0.717, 1.165) is 11.5 Å². The molecule has 0 spiro atoms. The third kappa shape index (κ3) is 2.96. The van der Waals surface area contributed by atoms with Crippen LogP contribution < -0.4 is 5.73 Å². The number of rotatable bonds is 4. The topological polar surface area (TPSA) is 39.2 Å². The number of nitrogens with two attached hydrogens (primary N) is 1. The van der Waals surface area contributed by atoms with Crippen LogP contribution in [0, 0.1) is 6.92 Å². The fourth-order valence-electron chi connectivity index (χ4n) is 2.51. The second kappa shape index (κ2) is 5.84. The predicted molar refractivity (Wildman–Crippen MR) is 84.1 cm³/mol.